The van der Waals surface area contributed by atoms with Crippen LogP contribution in [-0.2, 0) is 14.3 Å². The maximum atomic E-state index is 12.6. The zero-order valence-electron chi connectivity index (χ0n) is 16.2. The second-order valence-corrected chi connectivity index (χ2v) is 7.91. The van der Waals surface area contributed by atoms with Crippen LogP contribution in [0.25, 0.3) is 0 Å². The third kappa shape index (κ3) is 5.35. The van der Waals surface area contributed by atoms with Gasteiger partial charge in [-0.2, -0.15) is 0 Å². The van der Waals surface area contributed by atoms with E-state index in [0.717, 1.165) is 23.3 Å². The van der Waals surface area contributed by atoms with Crippen molar-refractivity contribution in [3.63, 3.8) is 0 Å². The molecule has 1 aliphatic rings. The van der Waals surface area contributed by atoms with Crippen LogP contribution in [0.5, 0.6) is 0 Å². The molecule has 0 bridgehead atoms. The molecule has 1 saturated heterocycles. The summed E-state index contributed by atoms with van der Waals surface area (Å²) in [5, 5.41) is 0.502. The molecule has 0 spiro atoms. The highest BCUT2D eigenvalue weighted by atomic mass is 32.2. The number of likely N-dealkylation sites (tertiary alicyclic amines) is 1. The van der Waals surface area contributed by atoms with Crippen molar-refractivity contribution in [1.29, 1.82) is 0 Å². The van der Waals surface area contributed by atoms with Gasteiger partial charge in [0.15, 0.2) is 6.61 Å². The maximum Gasteiger partial charge on any atom is 0.341 e. The number of hydrogen-bond acceptors (Lipinski definition) is 6. The molecule has 1 atom stereocenters. The highest BCUT2D eigenvalue weighted by molar-refractivity contribution is 7.99. The van der Waals surface area contributed by atoms with E-state index in [9.17, 15) is 14.4 Å². The van der Waals surface area contributed by atoms with Crippen molar-refractivity contribution in [3.8, 4) is 0 Å². The second-order valence-electron chi connectivity index (χ2n) is 6.85. The first-order valence-corrected chi connectivity index (χ1v) is 10.2. The molecule has 0 unspecified atom stereocenters. The summed E-state index contributed by atoms with van der Waals surface area (Å²) in [5.41, 5.74) is 6.82. The van der Waals surface area contributed by atoms with E-state index in [4.69, 9.17) is 10.5 Å². The summed E-state index contributed by atoms with van der Waals surface area (Å²) in [6.45, 7) is 2.00. The first-order chi connectivity index (χ1) is 14.0. The Kier molecular flexibility index (Phi) is 6.87. The Morgan fingerprint density at radius 3 is 2.69 bits per heavy atom. The van der Waals surface area contributed by atoms with Crippen molar-refractivity contribution in [2.24, 2.45) is 5.73 Å². The number of hydrogen-bond donors (Lipinski definition) is 1. The smallest absolute Gasteiger partial charge is 0.341 e. The molecule has 29 heavy (non-hydrogen) atoms. The fraction of sp³-hybridized carbons (Fsp3) is 0.333. The predicted molar refractivity (Wildman–Crippen MR) is 108 cm³/mol. The molecule has 0 saturated carbocycles. The van der Waals surface area contributed by atoms with Gasteiger partial charge in [-0.25, -0.2) is 9.78 Å². The van der Waals surface area contributed by atoms with Crippen LogP contribution in [0, 0.1) is 6.92 Å². The number of primary amides is 1. The number of rotatable bonds is 6. The quantitative estimate of drug-likeness (QED) is 0.730. The van der Waals surface area contributed by atoms with Gasteiger partial charge < -0.3 is 15.4 Å². The van der Waals surface area contributed by atoms with E-state index >= 15 is 0 Å². The Bertz CT molecular complexity index is 901. The number of aromatic nitrogens is 1. The van der Waals surface area contributed by atoms with Gasteiger partial charge in [0.2, 0.25) is 5.91 Å². The van der Waals surface area contributed by atoms with E-state index in [-0.39, 0.29) is 5.56 Å². The molecule has 7 nitrogen and oxygen atoms in total. The topological polar surface area (TPSA) is 103 Å². The van der Waals surface area contributed by atoms with E-state index in [1.54, 1.807) is 18.3 Å². The number of pyridine rings is 1. The number of benzene rings is 1. The Balaban J connectivity index is 1.65. The Hall–Kier alpha value is -2.87. The number of ether oxygens (including phenoxy) is 1. The van der Waals surface area contributed by atoms with Crippen LogP contribution in [0.15, 0.2) is 52.5 Å². The summed E-state index contributed by atoms with van der Waals surface area (Å²) >= 11 is 1.35. The molecule has 1 aromatic carbocycles. The summed E-state index contributed by atoms with van der Waals surface area (Å²) in [6.07, 6.45) is 3.77. The molecule has 1 aliphatic heterocycles. The average molecular weight is 413 g/mol. The fourth-order valence-electron chi connectivity index (χ4n) is 3.16. The minimum Gasteiger partial charge on any atom is -0.452 e. The molecular weight excluding hydrogens is 390 g/mol. The molecule has 0 aliphatic carbocycles. The molecule has 3 rings (SSSR count). The van der Waals surface area contributed by atoms with Gasteiger partial charge in [0.25, 0.3) is 5.91 Å². The number of aryl methyl sites for hydroxylation is 1. The van der Waals surface area contributed by atoms with E-state index in [1.165, 1.54) is 16.7 Å². The largest absolute Gasteiger partial charge is 0.452 e. The van der Waals surface area contributed by atoms with E-state index in [0.29, 0.717) is 18.0 Å². The lowest BCUT2D eigenvalue weighted by Crippen LogP contribution is -2.51. The third-order valence-electron chi connectivity index (χ3n) is 4.70. The van der Waals surface area contributed by atoms with Crippen LogP contribution in [0.2, 0.25) is 0 Å². The second kappa shape index (κ2) is 9.56. The van der Waals surface area contributed by atoms with Crippen molar-refractivity contribution in [3.05, 3.63) is 53.7 Å². The Labute approximate surface area is 173 Å². The number of nitrogens with zero attached hydrogens (tertiary/aromatic N) is 2. The third-order valence-corrected chi connectivity index (χ3v) is 5.73. The molecular formula is C21H23N3O4S. The summed E-state index contributed by atoms with van der Waals surface area (Å²) < 4.78 is 5.23. The van der Waals surface area contributed by atoms with Crippen LogP contribution in [0.3, 0.4) is 0 Å². The SMILES string of the molecule is Cc1ccc(Sc2ncccc2C(=O)OCC(=O)N2CCCC[C@@H]2C(N)=O)cc1. The number of carbonyl (C=O) groups excluding carboxylic acids is 3. The minimum atomic E-state index is -0.638. The van der Waals surface area contributed by atoms with Gasteiger partial charge in [-0.15, -0.1) is 0 Å². The molecule has 2 N–H and O–H groups in total. The monoisotopic (exact) mass is 413 g/mol. The van der Waals surface area contributed by atoms with Crippen molar-refractivity contribution < 1.29 is 19.1 Å². The van der Waals surface area contributed by atoms with Crippen molar-refractivity contribution in [2.75, 3.05) is 13.2 Å². The van der Waals surface area contributed by atoms with E-state index in [1.807, 2.05) is 31.2 Å². The molecule has 2 amide bonds. The van der Waals surface area contributed by atoms with Gasteiger partial charge in [0.1, 0.15) is 11.1 Å². The van der Waals surface area contributed by atoms with Gasteiger partial charge in [0.05, 0.1) is 5.56 Å². The summed E-state index contributed by atoms with van der Waals surface area (Å²) in [5.74, 6) is -1.58. The van der Waals surface area contributed by atoms with E-state index in [2.05, 4.69) is 4.98 Å². The molecule has 1 fully saturated rings. The Morgan fingerprint density at radius 1 is 1.21 bits per heavy atom. The summed E-state index contributed by atoms with van der Waals surface area (Å²) in [4.78, 5) is 43.3. The summed E-state index contributed by atoms with van der Waals surface area (Å²) in [6, 6.07) is 10.5. The predicted octanol–water partition coefficient (Wildman–Crippen LogP) is 2.56. The zero-order valence-corrected chi connectivity index (χ0v) is 17.0. The molecule has 8 heteroatoms. The van der Waals surface area contributed by atoms with Crippen LogP contribution >= 0.6 is 11.8 Å². The Morgan fingerprint density at radius 2 is 1.97 bits per heavy atom. The number of carbonyl (C=O) groups is 3. The molecule has 2 aromatic rings. The van der Waals surface area contributed by atoms with Crippen LogP contribution in [-0.4, -0.2) is 46.9 Å². The molecule has 152 valence electrons. The highest BCUT2D eigenvalue weighted by Gasteiger charge is 2.31. The number of nitrogens with two attached hydrogens (primary N) is 1. The lowest BCUT2D eigenvalue weighted by Gasteiger charge is -2.33. The lowest BCUT2D eigenvalue weighted by atomic mass is 10.0. The van der Waals surface area contributed by atoms with Crippen LogP contribution in [0.4, 0.5) is 0 Å². The maximum absolute atomic E-state index is 12.6. The van der Waals surface area contributed by atoms with Crippen LogP contribution in [0.1, 0.15) is 35.2 Å². The van der Waals surface area contributed by atoms with Crippen molar-refractivity contribution >= 4 is 29.5 Å². The zero-order chi connectivity index (χ0) is 20.8. The van der Waals surface area contributed by atoms with Gasteiger partial charge in [0, 0.05) is 17.6 Å². The number of esters is 1. The van der Waals surface area contributed by atoms with Gasteiger partial charge in [-0.05, 0) is 50.5 Å². The lowest BCUT2D eigenvalue weighted by molar-refractivity contribution is -0.143. The first-order valence-electron chi connectivity index (χ1n) is 9.41. The summed E-state index contributed by atoms with van der Waals surface area (Å²) in [7, 11) is 0. The highest BCUT2D eigenvalue weighted by Crippen LogP contribution is 2.29. The van der Waals surface area contributed by atoms with E-state index < -0.39 is 30.4 Å². The molecule has 2 heterocycles. The minimum absolute atomic E-state index is 0.288. The number of amides is 2. The van der Waals surface area contributed by atoms with Gasteiger partial charge in [-0.3, -0.25) is 9.59 Å². The molecule has 0 radical (unpaired) electrons. The first kappa shape index (κ1) is 20.9. The number of piperidine rings is 1. The van der Waals surface area contributed by atoms with Crippen LogP contribution < -0.4 is 5.73 Å². The normalized spacial score (nSPS) is 16.3. The average Bonchev–Trinajstić information content (AvgIpc) is 2.73. The van der Waals surface area contributed by atoms with Crippen molar-refractivity contribution in [1.82, 2.24) is 9.88 Å². The fourth-order valence-corrected chi connectivity index (χ4v) is 4.03. The van der Waals surface area contributed by atoms with Gasteiger partial charge >= 0.3 is 5.97 Å². The van der Waals surface area contributed by atoms with Crippen molar-refractivity contribution in [2.45, 2.75) is 42.1 Å². The van der Waals surface area contributed by atoms with Gasteiger partial charge in [-0.1, -0.05) is 29.5 Å². The standard InChI is InChI=1S/C21H23N3O4S/c1-14-7-9-15(10-8-14)29-20-16(5-4-11-23-20)21(27)28-13-18(25)24-12-3-2-6-17(24)19(22)26/h4-5,7-11,17H,2-3,6,12-13H2,1H3,(H2,22,26)/t17-/m1/s1. The molecule has 1 aromatic heterocycles.